The molecule has 3 aromatic carbocycles. The summed E-state index contributed by atoms with van der Waals surface area (Å²) in [6.45, 7) is 0.937. The summed E-state index contributed by atoms with van der Waals surface area (Å²) in [6, 6.07) is 25.7. The number of thioether (sulfide) groups is 1. The fraction of sp³-hybridized carbons (Fsp3) is 0.217. The summed E-state index contributed by atoms with van der Waals surface area (Å²) in [7, 11) is 4.17. The molecule has 0 aromatic heterocycles. The second-order valence-corrected chi connectivity index (χ2v) is 7.92. The lowest BCUT2D eigenvalue weighted by molar-refractivity contribution is 0.244. The van der Waals surface area contributed by atoms with Crippen molar-refractivity contribution in [2.45, 2.75) is 23.3 Å². The quantitative estimate of drug-likeness (QED) is 0.607. The van der Waals surface area contributed by atoms with Gasteiger partial charge in [0, 0.05) is 28.3 Å². The Morgan fingerprint density at radius 1 is 0.885 bits per heavy atom. The fourth-order valence-electron chi connectivity index (χ4n) is 3.37. The molecule has 0 N–H and O–H groups in total. The zero-order valence-electron chi connectivity index (χ0n) is 15.2. The largest absolute Gasteiger partial charge is 0.481 e. The molecule has 0 saturated heterocycles. The van der Waals surface area contributed by atoms with Gasteiger partial charge in [-0.3, -0.25) is 0 Å². The van der Waals surface area contributed by atoms with Crippen molar-refractivity contribution in [3.63, 3.8) is 0 Å². The second kappa shape index (κ2) is 7.56. The van der Waals surface area contributed by atoms with Gasteiger partial charge in [-0.1, -0.05) is 54.6 Å². The number of nitrogens with zero attached hydrogens (tertiary/aromatic N) is 1. The van der Waals surface area contributed by atoms with Crippen molar-refractivity contribution in [1.82, 2.24) is 4.90 Å². The molecule has 26 heavy (non-hydrogen) atoms. The average molecular weight is 362 g/mol. The maximum Gasteiger partial charge on any atom is 0.150 e. The molecular weight excluding hydrogens is 338 g/mol. The predicted octanol–water partition coefficient (Wildman–Crippen LogP) is 5.52. The van der Waals surface area contributed by atoms with Gasteiger partial charge in [-0.25, -0.2) is 0 Å². The van der Waals surface area contributed by atoms with E-state index >= 15 is 0 Å². The molecule has 0 bridgehead atoms. The standard InChI is InChI=1S/C23H23NOS/c1-24(2)15-17-11-13-19(14-12-17)25-23-20-8-4-3-7-18(20)16-26-22-10-6-5-9-21(22)23/h3-14,23H,15-16H2,1-2H3. The van der Waals surface area contributed by atoms with Crippen LogP contribution >= 0.6 is 11.8 Å². The van der Waals surface area contributed by atoms with Crippen molar-refractivity contribution in [3.8, 4) is 5.75 Å². The Bertz CT molecular complexity index is 841. The molecular formula is C23H23NOS. The van der Waals surface area contributed by atoms with E-state index in [2.05, 4.69) is 91.8 Å². The van der Waals surface area contributed by atoms with Crippen LogP contribution in [0, 0.1) is 0 Å². The van der Waals surface area contributed by atoms with Gasteiger partial charge in [0.05, 0.1) is 0 Å². The Morgan fingerprint density at radius 2 is 1.58 bits per heavy atom. The van der Waals surface area contributed by atoms with Crippen molar-refractivity contribution >= 4 is 11.8 Å². The van der Waals surface area contributed by atoms with Gasteiger partial charge in [0.25, 0.3) is 0 Å². The lowest BCUT2D eigenvalue weighted by Crippen LogP contribution is -2.12. The highest BCUT2D eigenvalue weighted by molar-refractivity contribution is 7.98. The molecule has 3 aromatic rings. The number of hydrogen-bond acceptors (Lipinski definition) is 3. The summed E-state index contributed by atoms with van der Waals surface area (Å²) in [5, 5.41) is 0. The maximum atomic E-state index is 6.52. The molecule has 1 atom stereocenters. The third kappa shape index (κ3) is 3.64. The van der Waals surface area contributed by atoms with Crippen LogP contribution in [0.2, 0.25) is 0 Å². The van der Waals surface area contributed by atoms with Gasteiger partial charge in [-0.2, -0.15) is 0 Å². The molecule has 2 nitrogen and oxygen atoms in total. The van der Waals surface area contributed by atoms with Gasteiger partial charge in [0.2, 0.25) is 0 Å². The van der Waals surface area contributed by atoms with Crippen LogP contribution in [-0.2, 0) is 12.3 Å². The molecule has 0 fully saturated rings. The van der Waals surface area contributed by atoms with Crippen molar-refractivity contribution in [3.05, 3.63) is 95.1 Å². The lowest BCUT2D eigenvalue weighted by atomic mass is 9.97. The summed E-state index contributed by atoms with van der Waals surface area (Å²) < 4.78 is 6.52. The van der Waals surface area contributed by atoms with Gasteiger partial charge >= 0.3 is 0 Å². The van der Waals surface area contributed by atoms with Crippen molar-refractivity contribution in [1.29, 1.82) is 0 Å². The molecule has 4 rings (SSSR count). The number of hydrogen-bond donors (Lipinski definition) is 0. The predicted molar refractivity (Wildman–Crippen MR) is 109 cm³/mol. The SMILES string of the molecule is CN(C)Cc1ccc(OC2c3ccccc3CSc3ccccc32)cc1. The highest BCUT2D eigenvalue weighted by Gasteiger charge is 2.25. The summed E-state index contributed by atoms with van der Waals surface area (Å²) >= 11 is 1.89. The van der Waals surface area contributed by atoms with Crippen molar-refractivity contribution < 1.29 is 4.74 Å². The van der Waals surface area contributed by atoms with Crippen molar-refractivity contribution in [2.75, 3.05) is 14.1 Å². The molecule has 1 aliphatic rings. The Labute approximate surface area is 159 Å². The number of fused-ring (bicyclic) bond motifs is 2. The molecule has 1 heterocycles. The first kappa shape index (κ1) is 17.2. The van der Waals surface area contributed by atoms with Crippen LogP contribution in [0.4, 0.5) is 0 Å². The Morgan fingerprint density at radius 3 is 2.35 bits per heavy atom. The Balaban J connectivity index is 1.69. The number of benzene rings is 3. The first-order chi connectivity index (χ1) is 12.7. The molecule has 0 saturated carbocycles. The zero-order valence-corrected chi connectivity index (χ0v) is 16.0. The van der Waals surface area contributed by atoms with E-state index in [0.29, 0.717) is 0 Å². The molecule has 1 aliphatic heterocycles. The number of rotatable bonds is 4. The van der Waals surface area contributed by atoms with Gasteiger partial charge in [0.15, 0.2) is 6.10 Å². The lowest BCUT2D eigenvalue weighted by Gasteiger charge is -2.22. The molecule has 0 radical (unpaired) electrons. The van der Waals surface area contributed by atoms with Crippen LogP contribution in [0.1, 0.15) is 28.4 Å². The van der Waals surface area contributed by atoms with Gasteiger partial charge in [-0.05, 0) is 43.4 Å². The summed E-state index contributed by atoms with van der Waals surface area (Å²) in [5.41, 5.74) is 5.16. The Hall–Kier alpha value is -2.23. The molecule has 0 aliphatic carbocycles. The topological polar surface area (TPSA) is 12.5 Å². The molecule has 0 amide bonds. The van der Waals surface area contributed by atoms with Crippen LogP contribution in [0.3, 0.4) is 0 Å². The van der Waals surface area contributed by atoms with Gasteiger partial charge < -0.3 is 9.64 Å². The van der Waals surface area contributed by atoms with Crippen LogP contribution in [-0.4, -0.2) is 19.0 Å². The molecule has 132 valence electrons. The second-order valence-electron chi connectivity index (χ2n) is 6.90. The van der Waals surface area contributed by atoms with E-state index in [9.17, 15) is 0 Å². The van der Waals surface area contributed by atoms with E-state index in [-0.39, 0.29) is 6.10 Å². The van der Waals surface area contributed by atoms with Crippen molar-refractivity contribution in [2.24, 2.45) is 0 Å². The first-order valence-corrected chi connectivity index (χ1v) is 9.89. The van der Waals surface area contributed by atoms with Gasteiger partial charge in [0.1, 0.15) is 5.75 Å². The molecule has 3 heteroatoms. The average Bonchev–Trinajstić information content (AvgIpc) is 2.81. The highest BCUT2D eigenvalue weighted by Crippen LogP contribution is 2.41. The third-order valence-electron chi connectivity index (χ3n) is 4.60. The molecule has 0 spiro atoms. The maximum absolute atomic E-state index is 6.52. The summed E-state index contributed by atoms with van der Waals surface area (Å²) in [5.74, 6) is 1.89. The first-order valence-electron chi connectivity index (χ1n) is 8.90. The van der Waals surface area contributed by atoms with E-state index in [0.717, 1.165) is 18.0 Å². The van der Waals surface area contributed by atoms with Gasteiger partial charge in [-0.15, -0.1) is 11.8 Å². The van der Waals surface area contributed by atoms with E-state index in [1.807, 2.05) is 11.8 Å². The summed E-state index contributed by atoms with van der Waals surface area (Å²) in [4.78, 5) is 3.48. The highest BCUT2D eigenvalue weighted by atomic mass is 32.2. The van der Waals surface area contributed by atoms with E-state index < -0.39 is 0 Å². The number of ether oxygens (including phenoxy) is 1. The van der Waals surface area contributed by atoms with E-state index in [4.69, 9.17) is 4.74 Å². The van der Waals surface area contributed by atoms with Crippen LogP contribution in [0.15, 0.2) is 77.7 Å². The minimum atomic E-state index is -0.0721. The normalized spacial score (nSPS) is 15.9. The smallest absolute Gasteiger partial charge is 0.150 e. The van der Waals surface area contributed by atoms with Crippen LogP contribution < -0.4 is 4.74 Å². The Kier molecular flexibility index (Phi) is 5.00. The minimum Gasteiger partial charge on any atom is -0.481 e. The van der Waals surface area contributed by atoms with E-state index in [1.165, 1.54) is 27.1 Å². The fourth-order valence-corrected chi connectivity index (χ4v) is 4.47. The minimum absolute atomic E-state index is 0.0721. The van der Waals surface area contributed by atoms with Crippen LogP contribution in [0.5, 0.6) is 5.75 Å². The molecule has 1 unspecified atom stereocenters. The van der Waals surface area contributed by atoms with E-state index in [1.54, 1.807) is 0 Å². The summed E-state index contributed by atoms with van der Waals surface area (Å²) in [6.07, 6.45) is -0.0721. The van der Waals surface area contributed by atoms with Crippen LogP contribution in [0.25, 0.3) is 0 Å². The monoisotopic (exact) mass is 361 g/mol. The third-order valence-corrected chi connectivity index (χ3v) is 5.74. The zero-order chi connectivity index (χ0) is 17.9.